The predicted molar refractivity (Wildman–Crippen MR) is 175 cm³/mol. The Morgan fingerprint density at radius 3 is 1.28 bits per heavy atom. The highest BCUT2D eigenvalue weighted by atomic mass is 35.5. The lowest BCUT2D eigenvalue weighted by Gasteiger charge is -2.16. The quantitative estimate of drug-likeness (QED) is 0.199. The number of halogens is 1. The van der Waals surface area contributed by atoms with Crippen LogP contribution >= 0.6 is 11.6 Å². The topological polar surface area (TPSA) is 51.6 Å². The first-order valence-electron chi connectivity index (χ1n) is 14.0. The number of hydrogen-bond acceptors (Lipinski definition) is 4. The summed E-state index contributed by atoms with van der Waals surface area (Å²) >= 11 is 6.81. The third kappa shape index (κ3) is 5.44. The van der Waals surface area contributed by atoms with Gasteiger partial charge in [0.05, 0.1) is 22.8 Å². The molecule has 0 saturated carbocycles. The monoisotopic (exact) mass is 572 g/mol. The highest BCUT2D eigenvalue weighted by Gasteiger charge is 2.21. The SMILES string of the molecule is Clc1nc(-c2ccccc2)c(-c2ccccc2-c2nc(-c3ccccc3)cc(-c3ccccc3)n2)nc1-c1ccccc1. The lowest BCUT2D eigenvalue weighted by molar-refractivity contribution is 1.17. The predicted octanol–water partition coefficient (Wildman–Crippen LogP) is 9.92. The Hall–Kier alpha value is -5.45. The molecule has 0 amide bonds. The second kappa shape index (κ2) is 11.8. The second-order valence-corrected chi connectivity index (χ2v) is 10.4. The molecule has 4 nitrogen and oxygen atoms in total. The van der Waals surface area contributed by atoms with E-state index in [9.17, 15) is 0 Å². The molecule has 2 aromatic heterocycles. The van der Waals surface area contributed by atoms with Gasteiger partial charge in [-0.05, 0) is 6.07 Å². The lowest BCUT2D eigenvalue weighted by Crippen LogP contribution is -2.01. The van der Waals surface area contributed by atoms with Crippen LogP contribution in [-0.2, 0) is 0 Å². The molecule has 0 aliphatic heterocycles. The van der Waals surface area contributed by atoms with E-state index in [1.54, 1.807) is 0 Å². The molecule has 0 spiro atoms. The first kappa shape index (κ1) is 26.4. The van der Waals surface area contributed by atoms with Crippen LogP contribution in [0.25, 0.3) is 67.7 Å². The first-order chi connectivity index (χ1) is 21.2. The van der Waals surface area contributed by atoms with E-state index in [2.05, 4.69) is 30.3 Å². The summed E-state index contributed by atoms with van der Waals surface area (Å²) in [5.41, 5.74) is 9.28. The molecule has 7 rings (SSSR count). The van der Waals surface area contributed by atoms with Crippen molar-refractivity contribution in [2.24, 2.45) is 0 Å². The van der Waals surface area contributed by atoms with Crippen LogP contribution in [0.2, 0.25) is 5.15 Å². The fraction of sp³-hybridized carbons (Fsp3) is 0. The smallest absolute Gasteiger partial charge is 0.161 e. The summed E-state index contributed by atoms with van der Waals surface area (Å²) in [5, 5.41) is 0.347. The van der Waals surface area contributed by atoms with Gasteiger partial charge >= 0.3 is 0 Å². The minimum absolute atomic E-state index is 0.347. The maximum Gasteiger partial charge on any atom is 0.161 e. The summed E-state index contributed by atoms with van der Waals surface area (Å²) in [7, 11) is 0. The molecule has 43 heavy (non-hydrogen) atoms. The van der Waals surface area contributed by atoms with Crippen molar-refractivity contribution in [2.45, 2.75) is 0 Å². The van der Waals surface area contributed by atoms with Crippen LogP contribution in [0.1, 0.15) is 0 Å². The number of nitrogens with zero attached hydrogens (tertiary/aromatic N) is 4. The summed E-state index contributed by atoms with van der Waals surface area (Å²) in [6, 6.07) is 50.4. The molecular formula is C38H25ClN4. The molecule has 0 bridgehead atoms. The summed E-state index contributed by atoms with van der Waals surface area (Å²) in [4.78, 5) is 20.3. The van der Waals surface area contributed by atoms with Crippen LogP contribution in [0.3, 0.4) is 0 Å². The zero-order chi connectivity index (χ0) is 29.0. The highest BCUT2D eigenvalue weighted by Crippen LogP contribution is 2.39. The maximum absolute atomic E-state index is 6.81. The van der Waals surface area contributed by atoms with Crippen molar-refractivity contribution in [1.29, 1.82) is 0 Å². The van der Waals surface area contributed by atoms with E-state index in [1.165, 1.54) is 0 Å². The summed E-state index contributed by atoms with van der Waals surface area (Å²) in [6.45, 7) is 0. The molecule has 5 heteroatoms. The van der Waals surface area contributed by atoms with Crippen molar-refractivity contribution in [3.8, 4) is 67.7 Å². The molecule has 2 heterocycles. The molecule has 0 N–H and O–H groups in total. The van der Waals surface area contributed by atoms with Crippen molar-refractivity contribution < 1.29 is 0 Å². The van der Waals surface area contributed by atoms with E-state index in [1.807, 2.05) is 121 Å². The average Bonchev–Trinajstić information content (AvgIpc) is 3.09. The molecular weight excluding hydrogens is 548 g/mol. The molecule has 5 aromatic carbocycles. The summed E-state index contributed by atoms with van der Waals surface area (Å²) in [5.74, 6) is 0.604. The van der Waals surface area contributed by atoms with E-state index >= 15 is 0 Å². The van der Waals surface area contributed by atoms with E-state index in [0.717, 1.165) is 44.8 Å². The molecule has 0 unspecified atom stereocenters. The number of rotatable bonds is 6. The molecule has 0 radical (unpaired) electrons. The summed E-state index contributed by atoms with van der Waals surface area (Å²) < 4.78 is 0. The number of benzene rings is 5. The van der Waals surface area contributed by atoms with Crippen LogP contribution in [0.5, 0.6) is 0 Å². The van der Waals surface area contributed by atoms with Gasteiger partial charge in [0.15, 0.2) is 11.0 Å². The number of hydrogen-bond donors (Lipinski definition) is 0. The molecule has 0 fully saturated rings. The molecule has 0 aliphatic rings. The van der Waals surface area contributed by atoms with Gasteiger partial charge in [0, 0.05) is 33.4 Å². The minimum Gasteiger partial charge on any atom is -0.242 e. The zero-order valence-electron chi connectivity index (χ0n) is 23.1. The van der Waals surface area contributed by atoms with Gasteiger partial charge in [0.1, 0.15) is 5.69 Å². The first-order valence-corrected chi connectivity index (χ1v) is 14.4. The van der Waals surface area contributed by atoms with Crippen LogP contribution in [0.4, 0.5) is 0 Å². The van der Waals surface area contributed by atoms with E-state index < -0.39 is 0 Å². The fourth-order valence-electron chi connectivity index (χ4n) is 5.15. The normalized spacial score (nSPS) is 10.9. The van der Waals surface area contributed by atoms with Gasteiger partial charge in [0.25, 0.3) is 0 Å². The Morgan fingerprint density at radius 1 is 0.349 bits per heavy atom. The Morgan fingerprint density at radius 2 is 0.767 bits per heavy atom. The third-order valence-corrected chi connectivity index (χ3v) is 7.50. The van der Waals surface area contributed by atoms with E-state index in [-0.39, 0.29) is 0 Å². The van der Waals surface area contributed by atoms with Crippen molar-refractivity contribution in [3.63, 3.8) is 0 Å². The van der Waals surface area contributed by atoms with E-state index in [4.69, 9.17) is 31.5 Å². The van der Waals surface area contributed by atoms with Crippen LogP contribution in [0, 0.1) is 0 Å². The third-order valence-electron chi connectivity index (χ3n) is 7.24. The van der Waals surface area contributed by atoms with Crippen LogP contribution in [-0.4, -0.2) is 19.9 Å². The molecule has 0 saturated heterocycles. The van der Waals surface area contributed by atoms with Gasteiger partial charge in [-0.3, -0.25) is 0 Å². The van der Waals surface area contributed by atoms with Crippen LogP contribution in [0.15, 0.2) is 152 Å². The minimum atomic E-state index is 0.347. The molecule has 0 aliphatic carbocycles. The van der Waals surface area contributed by atoms with Gasteiger partial charge in [-0.1, -0.05) is 157 Å². The van der Waals surface area contributed by atoms with Gasteiger partial charge in [-0.15, -0.1) is 0 Å². The van der Waals surface area contributed by atoms with Gasteiger partial charge in [-0.2, -0.15) is 0 Å². The van der Waals surface area contributed by atoms with Crippen molar-refractivity contribution in [3.05, 3.63) is 157 Å². The maximum atomic E-state index is 6.81. The van der Waals surface area contributed by atoms with E-state index in [0.29, 0.717) is 28.1 Å². The molecule has 7 aromatic rings. The fourth-order valence-corrected chi connectivity index (χ4v) is 5.38. The molecule has 0 atom stereocenters. The lowest BCUT2D eigenvalue weighted by atomic mass is 9.98. The Balaban J connectivity index is 1.49. The summed E-state index contributed by atoms with van der Waals surface area (Å²) in [6.07, 6.45) is 0. The Kier molecular flexibility index (Phi) is 7.26. The highest BCUT2D eigenvalue weighted by molar-refractivity contribution is 6.32. The van der Waals surface area contributed by atoms with Gasteiger partial charge < -0.3 is 0 Å². The Labute approximate surface area is 255 Å². The van der Waals surface area contributed by atoms with Crippen molar-refractivity contribution >= 4 is 11.6 Å². The van der Waals surface area contributed by atoms with Crippen molar-refractivity contribution in [1.82, 2.24) is 19.9 Å². The average molecular weight is 573 g/mol. The largest absolute Gasteiger partial charge is 0.242 e. The van der Waals surface area contributed by atoms with Crippen molar-refractivity contribution in [2.75, 3.05) is 0 Å². The Bertz CT molecular complexity index is 1960. The van der Waals surface area contributed by atoms with Crippen LogP contribution < -0.4 is 0 Å². The second-order valence-electron chi connectivity index (χ2n) is 10.0. The van der Waals surface area contributed by atoms with Gasteiger partial charge in [-0.25, -0.2) is 19.9 Å². The number of aromatic nitrogens is 4. The zero-order valence-corrected chi connectivity index (χ0v) is 23.9. The van der Waals surface area contributed by atoms with Gasteiger partial charge in [0.2, 0.25) is 0 Å². The standard InChI is InChI=1S/C38H25ClN4/c39-37-35(29-21-11-4-12-22-29)42-36(34(43-37)28-19-9-3-10-20-28)30-23-13-14-24-31(30)38-40-32(26-15-5-1-6-16-26)25-33(41-38)27-17-7-2-8-18-27/h1-25H. The molecule has 204 valence electrons.